The van der Waals surface area contributed by atoms with Gasteiger partial charge in [0.25, 0.3) is 0 Å². The lowest BCUT2D eigenvalue weighted by Crippen LogP contribution is -2.26. The number of hydrogen-bond donors (Lipinski definition) is 1. The van der Waals surface area contributed by atoms with Gasteiger partial charge in [-0.1, -0.05) is 12.1 Å². The highest BCUT2D eigenvalue weighted by Crippen LogP contribution is 2.13. The van der Waals surface area contributed by atoms with Crippen molar-refractivity contribution in [3.63, 3.8) is 0 Å². The lowest BCUT2D eigenvalue weighted by molar-refractivity contribution is -0.135. The van der Waals surface area contributed by atoms with E-state index >= 15 is 0 Å². The number of fused-ring (bicyclic) bond motifs is 1. The van der Waals surface area contributed by atoms with Crippen LogP contribution in [0.5, 0.6) is 0 Å². The molecule has 0 spiro atoms. The molecule has 0 bridgehead atoms. The van der Waals surface area contributed by atoms with Crippen LogP contribution in [-0.2, 0) is 4.79 Å². The van der Waals surface area contributed by atoms with Crippen molar-refractivity contribution < 1.29 is 9.90 Å². The normalized spacial score (nSPS) is 10.3. The SMILES string of the molecule is CN(CC(=O)O)c1cnc2ccccc2n1. The summed E-state index contributed by atoms with van der Waals surface area (Å²) in [6, 6.07) is 7.47. The molecule has 0 radical (unpaired) electrons. The Labute approximate surface area is 92.4 Å². The lowest BCUT2D eigenvalue weighted by Gasteiger charge is -2.14. The molecule has 0 aliphatic heterocycles. The first kappa shape index (κ1) is 10.4. The van der Waals surface area contributed by atoms with Crippen molar-refractivity contribution >= 4 is 22.8 Å². The number of hydrogen-bond acceptors (Lipinski definition) is 4. The van der Waals surface area contributed by atoms with Crippen LogP contribution in [-0.4, -0.2) is 34.6 Å². The summed E-state index contributed by atoms with van der Waals surface area (Å²) in [5.41, 5.74) is 1.56. The quantitative estimate of drug-likeness (QED) is 0.835. The first-order chi connectivity index (χ1) is 7.66. The molecule has 2 aromatic rings. The molecule has 2 rings (SSSR count). The van der Waals surface area contributed by atoms with Crippen LogP contribution in [0.15, 0.2) is 30.5 Å². The van der Waals surface area contributed by atoms with Gasteiger partial charge in [-0.05, 0) is 12.1 Å². The van der Waals surface area contributed by atoms with Crippen LogP contribution in [0.25, 0.3) is 11.0 Å². The number of rotatable bonds is 3. The zero-order valence-electron chi connectivity index (χ0n) is 8.79. The van der Waals surface area contributed by atoms with Gasteiger partial charge in [0, 0.05) is 7.05 Å². The van der Waals surface area contributed by atoms with Crippen LogP contribution in [0.4, 0.5) is 5.82 Å². The van der Waals surface area contributed by atoms with Crippen molar-refractivity contribution in [3.05, 3.63) is 30.5 Å². The maximum absolute atomic E-state index is 10.6. The Morgan fingerprint density at radius 2 is 2.06 bits per heavy atom. The molecule has 0 aliphatic carbocycles. The van der Waals surface area contributed by atoms with Gasteiger partial charge in [0.05, 0.1) is 17.2 Å². The third kappa shape index (κ3) is 2.08. The van der Waals surface area contributed by atoms with E-state index in [9.17, 15) is 4.79 Å². The number of carboxylic acids is 1. The Morgan fingerprint density at radius 1 is 1.38 bits per heavy atom. The topological polar surface area (TPSA) is 66.3 Å². The average molecular weight is 217 g/mol. The van der Waals surface area contributed by atoms with Gasteiger partial charge in [-0.2, -0.15) is 0 Å². The first-order valence-electron chi connectivity index (χ1n) is 4.81. The Morgan fingerprint density at radius 3 is 2.75 bits per heavy atom. The van der Waals surface area contributed by atoms with Gasteiger partial charge in [-0.15, -0.1) is 0 Å². The van der Waals surface area contributed by atoms with Crippen molar-refractivity contribution in [2.45, 2.75) is 0 Å². The van der Waals surface area contributed by atoms with Gasteiger partial charge in [0.1, 0.15) is 12.4 Å². The van der Waals surface area contributed by atoms with Gasteiger partial charge >= 0.3 is 5.97 Å². The standard InChI is InChI=1S/C11H11N3O2/c1-14(7-11(15)16)10-6-12-8-4-2-3-5-9(8)13-10/h2-6H,7H2,1H3,(H,15,16). The second kappa shape index (κ2) is 4.14. The molecule has 16 heavy (non-hydrogen) atoms. The van der Waals surface area contributed by atoms with Crippen LogP contribution >= 0.6 is 0 Å². The van der Waals surface area contributed by atoms with Gasteiger partial charge in [0.2, 0.25) is 0 Å². The molecule has 1 heterocycles. The zero-order valence-corrected chi connectivity index (χ0v) is 8.79. The molecule has 0 saturated heterocycles. The molecular weight excluding hydrogens is 206 g/mol. The largest absolute Gasteiger partial charge is 0.480 e. The van der Waals surface area contributed by atoms with Crippen LogP contribution in [0.2, 0.25) is 0 Å². The monoisotopic (exact) mass is 217 g/mol. The number of aliphatic carboxylic acids is 1. The predicted octanol–water partition coefficient (Wildman–Crippen LogP) is 1.15. The molecule has 0 amide bonds. The van der Waals surface area contributed by atoms with E-state index in [-0.39, 0.29) is 6.54 Å². The van der Waals surface area contributed by atoms with Crippen molar-refractivity contribution in [1.82, 2.24) is 9.97 Å². The number of carboxylic acid groups (broad SMARTS) is 1. The fourth-order valence-corrected chi connectivity index (χ4v) is 1.42. The fourth-order valence-electron chi connectivity index (χ4n) is 1.42. The van der Waals surface area contributed by atoms with E-state index < -0.39 is 5.97 Å². The number of nitrogens with zero attached hydrogens (tertiary/aromatic N) is 3. The molecule has 0 fully saturated rings. The average Bonchev–Trinajstić information content (AvgIpc) is 2.27. The van der Waals surface area contributed by atoms with Crippen molar-refractivity contribution in [2.24, 2.45) is 0 Å². The van der Waals surface area contributed by atoms with Gasteiger partial charge in [-0.3, -0.25) is 9.78 Å². The van der Waals surface area contributed by atoms with E-state index in [0.717, 1.165) is 11.0 Å². The van der Waals surface area contributed by atoms with E-state index in [2.05, 4.69) is 9.97 Å². The first-order valence-corrected chi connectivity index (χ1v) is 4.81. The third-order valence-corrected chi connectivity index (χ3v) is 2.20. The molecular formula is C11H11N3O2. The summed E-state index contributed by atoms with van der Waals surface area (Å²) in [6.45, 7) is -0.0903. The lowest BCUT2D eigenvalue weighted by atomic mass is 10.3. The summed E-state index contributed by atoms with van der Waals surface area (Å²) in [5.74, 6) is -0.335. The molecule has 0 saturated carbocycles. The maximum atomic E-state index is 10.6. The second-order valence-corrected chi connectivity index (χ2v) is 3.47. The Balaban J connectivity index is 2.35. The highest BCUT2D eigenvalue weighted by Gasteiger charge is 2.07. The van der Waals surface area contributed by atoms with Crippen LogP contribution in [0.3, 0.4) is 0 Å². The molecule has 1 N–H and O–H groups in total. The zero-order chi connectivity index (χ0) is 11.5. The Kier molecular flexibility index (Phi) is 2.68. The van der Waals surface area contributed by atoms with E-state index in [1.807, 2.05) is 24.3 Å². The summed E-state index contributed by atoms with van der Waals surface area (Å²) in [7, 11) is 1.67. The van der Waals surface area contributed by atoms with E-state index in [0.29, 0.717) is 5.82 Å². The smallest absolute Gasteiger partial charge is 0.323 e. The molecule has 5 heteroatoms. The molecule has 0 atom stereocenters. The Bertz CT molecular complexity index is 527. The van der Waals surface area contributed by atoms with Crippen molar-refractivity contribution in [3.8, 4) is 0 Å². The number of carbonyl (C=O) groups is 1. The second-order valence-electron chi connectivity index (χ2n) is 3.47. The van der Waals surface area contributed by atoms with Crippen LogP contribution < -0.4 is 4.90 Å². The van der Waals surface area contributed by atoms with Gasteiger partial charge in [-0.25, -0.2) is 4.98 Å². The summed E-state index contributed by atoms with van der Waals surface area (Å²) < 4.78 is 0. The minimum atomic E-state index is -0.891. The summed E-state index contributed by atoms with van der Waals surface area (Å²) >= 11 is 0. The van der Waals surface area contributed by atoms with Crippen LogP contribution in [0.1, 0.15) is 0 Å². The summed E-state index contributed by atoms with van der Waals surface area (Å²) in [6.07, 6.45) is 1.57. The van der Waals surface area contributed by atoms with Crippen molar-refractivity contribution in [1.29, 1.82) is 0 Å². The van der Waals surface area contributed by atoms with E-state index in [1.165, 1.54) is 0 Å². The number of benzene rings is 1. The highest BCUT2D eigenvalue weighted by atomic mass is 16.4. The molecule has 1 aromatic carbocycles. The number of anilines is 1. The van der Waals surface area contributed by atoms with E-state index in [1.54, 1.807) is 18.1 Å². The number of likely N-dealkylation sites (N-methyl/N-ethyl adjacent to an activating group) is 1. The Hall–Kier alpha value is -2.17. The van der Waals surface area contributed by atoms with Crippen molar-refractivity contribution in [2.75, 3.05) is 18.5 Å². The minimum absolute atomic E-state index is 0.0903. The molecule has 5 nitrogen and oxygen atoms in total. The molecule has 1 aromatic heterocycles. The number of aromatic nitrogens is 2. The number of para-hydroxylation sites is 2. The predicted molar refractivity (Wildman–Crippen MR) is 60.4 cm³/mol. The van der Waals surface area contributed by atoms with E-state index in [4.69, 9.17) is 5.11 Å². The fraction of sp³-hybridized carbons (Fsp3) is 0.182. The summed E-state index contributed by atoms with van der Waals surface area (Å²) in [4.78, 5) is 20.6. The maximum Gasteiger partial charge on any atom is 0.323 e. The molecule has 0 unspecified atom stereocenters. The highest BCUT2D eigenvalue weighted by molar-refractivity contribution is 5.77. The third-order valence-electron chi connectivity index (χ3n) is 2.20. The van der Waals surface area contributed by atoms with Crippen LogP contribution in [0, 0.1) is 0 Å². The minimum Gasteiger partial charge on any atom is -0.480 e. The van der Waals surface area contributed by atoms with Gasteiger partial charge in [0.15, 0.2) is 0 Å². The molecule has 82 valence electrons. The summed E-state index contributed by atoms with van der Waals surface area (Å²) in [5, 5.41) is 8.67. The van der Waals surface area contributed by atoms with Gasteiger partial charge < -0.3 is 10.0 Å². The molecule has 0 aliphatic rings.